The van der Waals surface area contributed by atoms with Gasteiger partial charge in [-0.25, -0.2) is 9.50 Å². The van der Waals surface area contributed by atoms with Crippen LogP contribution in [0.1, 0.15) is 63.5 Å². The Labute approximate surface area is 154 Å². The molecule has 0 bridgehead atoms. The van der Waals surface area contributed by atoms with Gasteiger partial charge in [0.1, 0.15) is 5.69 Å². The Hall–Kier alpha value is -3.30. The largest absolute Gasteiger partial charge is 0.364 e. The summed E-state index contributed by atoms with van der Waals surface area (Å²) in [6, 6.07) is 3.26. The molecular formula is C17H20N8O2. The highest BCUT2D eigenvalue weighted by molar-refractivity contribution is 5.92. The Kier molecular flexibility index (Phi) is 4.09. The first-order valence-electron chi connectivity index (χ1n) is 8.81. The van der Waals surface area contributed by atoms with Gasteiger partial charge >= 0.3 is 0 Å². The summed E-state index contributed by atoms with van der Waals surface area (Å²) in [5.74, 6) is -0.359. The fraction of sp³-hybridized carbons (Fsp3) is 0.412. The van der Waals surface area contributed by atoms with E-state index < -0.39 is 5.91 Å². The Morgan fingerprint density at radius 1 is 1.22 bits per heavy atom. The molecule has 4 rings (SSSR count). The molecule has 1 aliphatic heterocycles. The highest BCUT2D eigenvalue weighted by Gasteiger charge is 2.32. The minimum absolute atomic E-state index is 0.109. The number of amides is 2. The van der Waals surface area contributed by atoms with Crippen LogP contribution in [0, 0.1) is 13.8 Å². The lowest BCUT2D eigenvalue weighted by molar-refractivity contribution is 0.0593. The summed E-state index contributed by atoms with van der Waals surface area (Å²) in [4.78, 5) is 34.8. The van der Waals surface area contributed by atoms with Gasteiger partial charge in [0.2, 0.25) is 5.82 Å². The van der Waals surface area contributed by atoms with E-state index in [1.807, 2.05) is 19.9 Å². The molecule has 0 saturated carbocycles. The first-order valence-corrected chi connectivity index (χ1v) is 8.81. The number of carbonyl (C=O) groups excluding carboxylic acids is 2. The number of nitrogens with two attached hydrogens (primary N) is 1. The van der Waals surface area contributed by atoms with Crippen molar-refractivity contribution in [2.24, 2.45) is 5.73 Å². The van der Waals surface area contributed by atoms with Crippen molar-refractivity contribution < 1.29 is 9.59 Å². The number of hydrogen-bond acceptors (Lipinski definition) is 6. The number of primary amides is 1. The highest BCUT2D eigenvalue weighted by Crippen LogP contribution is 2.31. The molecule has 0 spiro atoms. The minimum Gasteiger partial charge on any atom is -0.364 e. The van der Waals surface area contributed by atoms with Gasteiger partial charge in [0, 0.05) is 17.9 Å². The van der Waals surface area contributed by atoms with Gasteiger partial charge < -0.3 is 10.6 Å². The number of aryl methyl sites for hydroxylation is 2. The van der Waals surface area contributed by atoms with Crippen LogP contribution in [0.3, 0.4) is 0 Å². The maximum absolute atomic E-state index is 13.1. The van der Waals surface area contributed by atoms with Crippen molar-refractivity contribution in [2.45, 2.75) is 39.2 Å². The summed E-state index contributed by atoms with van der Waals surface area (Å²) < 4.78 is 1.57. The second kappa shape index (κ2) is 6.45. The van der Waals surface area contributed by atoms with Gasteiger partial charge in [-0.15, -0.1) is 5.10 Å². The van der Waals surface area contributed by atoms with E-state index in [0.717, 1.165) is 30.7 Å². The number of aromatic amines is 1. The van der Waals surface area contributed by atoms with E-state index in [1.165, 1.54) is 0 Å². The Morgan fingerprint density at radius 3 is 2.78 bits per heavy atom. The first-order chi connectivity index (χ1) is 12.9. The summed E-state index contributed by atoms with van der Waals surface area (Å²) >= 11 is 0. The smallest absolute Gasteiger partial charge is 0.294 e. The number of H-pyrrole nitrogens is 1. The van der Waals surface area contributed by atoms with Crippen molar-refractivity contribution in [1.82, 2.24) is 34.7 Å². The van der Waals surface area contributed by atoms with Crippen molar-refractivity contribution in [3.05, 3.63) is 40.7 Å². The van der Waals surface area contributed by atoms with Gasteiger partial charge in [0.15, 0.2) is 0 Å². The molecule has 10 nitrogen and oxygen atoms in total. The van der Waals surface area contributed by atoms with Crippen LogP contribution in [0.25, 0.3) is 5.78 Å². The number of nitrogens with zero attached hydrogens (tertiary/aromatic N) is 6. The highest BCUT2D eigenvalue weighted by atomic mass is 16.2. The summed E-state index contributed by atoms with van der Waals surface area (Å²) in [6.07, 6.45) is 2.62. The van der Waals surface area contributed by atoms with Crippen molar-refractivity contribution in [3.8, 4) is 0 Å². The van der Waals surface area contributed by atoms with Crippen molar-refractivity contribution in [1.29, 1.82) is 0 Å². The Balaban J connectivity index is 1.68. The number of hydrogen-bond donors (Lipinski definition) is 2. The molecule has 0 aliphatic carbocycles. The zero-order valence-corrected chi connectivity index (χ0v) is 15.1. The lowest BCUT2D eigenvalue weighted by Crippen LogP contribution is -2.39. The van der Waals surface area contributed by atoms with Gasteiger partial charge in [-0.3, -0.25) is 14.7 Å². The second-order valence-electron chi connectivity index (χ2n) is 6.77. The molecule has 4 heterocycles. The summed E-state index contributed by atoms with van der Waals surface area (Å²) in [7, 11) is 0. The summed E-state index contributed by atoms with van der Waals surface area (Å²) in [6.45, 7) is 4.35. The quantitative estimate of drug-likeness (QED) is 0.706. The fourth-order valence-electron chi connectivity index (χ4n) is 3.52. The average molecular weight is 368 g/mol. The van der Waals surface area contributed by atoms with E-state index in [2.05, 4.69) is 25.3 Å². The molecule has 3 aromatic heterocycles. The van der Waals surface area contributed by atoms with Gasteiger partial charge in [-0.05, 0) is 45.2 Å². The molecular weight excluding hydrogens is 348 g/mol. The average Bonchev–Trinajstić information content (AvgIpc) is 3.28. The standard InChI is InChI=1S/C17H20N8O2/c1-9-7-10(2)25-17(19-9)20-15(23-25)16(27)24-6-4-3-5-13(24)11-8-12(14(18)26)22-21-11/h7-8,13H,3-6H2,1-2H3,(H2,18,26)(H,21,22)/t13-/m1/s1. The Bertz CT molecular complexity index is 1040. The molecule has 3 aromatic rings. The van der Waals surface area contributed by atoms with E-state index in [-0.39, 0.29) is 23.5 Å². The minimum atomic E-state index is -0.606. The molecule has 0 unspecified atom stereocenters. The van der Waals surface area contributed by atoms with Gasteiger partial charge in [-0.2, -0.15) is 10.1 Å². The number of piperidine rings is 1. The van der Waals surface area contributed by atoms with Gasteiger partial charge in [-0.1, -0.05) is 0 Å². The van der Waals surface area contributed by atoms with Crippen LogP contribution in [-0.2, 0) is 0 Å². The van der Waals surface area contributed by atoms with E-state index in [0.29, 0.717) is 18.0 Å². The maximum atomic E-state index is 13.1. The summed E-state index contributed by atoms with van der Waals surface area (Å²) in [5.41, 5.74) is 7.80. The van der Waals surface area contributed by atoms with Crippen LogP contribution < -0.4 is 5.73 Å². The lowest BCUT2D eigenvalue weighted by Gasteiger charge is -2.34. The summed E-state index contributed by atoms with van der Waals surface area (Å²) in [5, 5.41) is 11.1. The normalized spacial score (nSPS) is 17.4. The third-order valence-electron chi connectivity index (χ3n) is 4.78. The monoisotopic (exact) mass is 368 g/mol. The fourth-order valence-corrected chi connectivity index (χ4v) is 3.52. The molecule has 1 atom stereocenters. The van der Waals surface area contributed by atoms with Gasteiger partial charge in [0.05, 0.1) is 11.7 Å². The van der Waals surface area contributed by atoms with Crippen LogP contribution in [0.2, 0.25) is 0 Å². The van der Waals surface area contributed by atoms with Gasteiger partial charge in [0.25, 0.3) is 17.6 Å². The molecule has 0 radical (unpaired) electrons. The zero-order chi connectivity index (χ0) is 19.1. The molecule has 27 heavy (non-hydrogen) atoms. The van der Waals surface area contributed by atoms with Crippen LogP contribution in [-0.4, -0.2) is 53.0 Å². The topological polar surface area (TPSA) is 135 Å². The molecule has 0 aromatic carbocycles. The number of nitrogens with one attached hydrogen (secondary N) is 1. The molecule has 3 N–H and O–H groups in total. The molecule has 1 saturated heterocycles. The van der Waals surface area contributed by atoms with Crippen molar-refractivity contribution >= 4 is 17.6 Å². The van der Waals surface area contributed by atoms with Crippen LogP contribution in [0.15, 0.2) is 12.1 Å². The number of fused-ring (bicyclic) bond motifs is 1. The van der Waals surface area contributed by atoms with Crippen LogP contribution in [0.5, 0.6) is 0 Å². The number of likely N-dealkylation sites (tertiary alicyclic amines) is 1. The third-order valence-corrected chi connectivity index (χ3v) is 4.78. The lowest BCUT2D eigenvalue weighted by atomic mass is 9.99. The molecule has 1 aliphatic rings. The van der Waals surface area contributed by atoms with E-state index in [9.17, 15) is 9.59 Å². The van der Waals surface area contributed by atoms with Crippen LogP contribution >= 0.6 is 0 Å². The number of carbonyl (C=O) groups is 2. The zero-order valence-electron chi connectivity index (χ0n) is 15.1. The van der Waals surface area contributed by atoms with E-state index >= 15 is 0 Å². The molecule has 1 fully saturated rings. The number of rotatable bonds is 3. The SMILES string of the molecule is Cc1cc(C)n2nc(C(=O)N3CCCC[C@@H]3c3cc(C(N)=O)n[nH]3)nc2n1. The van der Waals surface area contributed by atoms with Crippen molar-refractivity contribution in [3.63, 3.8) is 0 Å². The van der Waals surface area contributed by atoms with E-state index in [1.54, 1.807) is 15.5 Å². The molecule has 140 valence electrons. The van der Waals surface area contributed by atoms with Crippen molar-refractivity contribution in [2.75, 3.05) is 6.54 Å². The number of aromatic nitrogens is 6. The predicted molar refractivity (Wildman–Crippen MR) is 95.0 cm³/mol. The second-order valence-corrected chi connectivity index (χ2v) is 6.77. The third kappa shape index (κ3) is 3.03. The molecule has 10 heteroatoms. The Morgan fingerprint density at radius 2 is 2.04 bits per heavy atom. The molecule has 2 amide bonds. The van der Waals surface area contributed by atoms with Crippen LogP contribution in [0.4, 0.5) is 0 Å². The first kappa shape index (κ1) is 17.1. The maximum Gasteiger partial charge on any atom is 0.294 e. The predicted octanol–water partition coefficient (Wildman–Crippen LogP) is 0.931. The van der Waals surface area contributed by atoms with E-state index in [4.69, 9.17) is 5.73 Å².